The number of amides is 1. The molecular weight excluding hydrogens is 248 g/mol. The zero-order chi connectivity index (χ0) is 13.0. The van der Waals surface area contributed by atoms with Crippen molar-refractivity contribution >= 4 is 17.5 Å². The van der Waals surface area contributed by atoms with Gasteiger partial charge in [-0.1, -0.05) is 23.7 Å². The van der Waals surface area contributed by atoms with Crippen LogP contribution in [0.5, 0.6) is 0 Å². The van der Waals surface area contributed by atoms with Gasteiger partial charge in [0.25, 0.3) is 0 Å². The predicted molar refractivity (Wildman–Crippen MR) is 73.7 cm³/mol. The lowest BCUT2D eigenvalue weighted by atomic mass is 10.1. The van der Waals surface area contributed by atoms with E-state index in [1.54, 1.807) is 0 Å². The molecule has 0 saturated carbocycles. The van der Waals surface area contributed by atoms with Crippen molar-refractivity contribution in [1.82, 2.24) is 10.6 Å². The maximum absolute atomic E-state index is 11.9. The lowest BCUT2D eigenvalue weighted by Crippen LogP contribution is -2.33. The van der Waals surface area contributed by atoms with Crippen LogP contribution in [0.2, 0.25) is 5.02 Å². The van der Waals surface area contributed by atoms with Gasteiger partial charge in [-0.25, -0.2) is 0 Å². The Labute approximate surface area is 113 Å². The highest BCUT2D eigenvalue weighted by Gasteiger charge is 2.18. The van der Waals surface area contributed by atoms with Gasteiger partial charge in [-0.05, 0) is 44.0 Å². The number of hydrogen-bond donors (Lipinski definition) is 2. The molecule has 2 N–H and O–H groups in total. The molecule has 4 heteroatoms. The highest BCUT2D eigenvalue weighted by Crippen LogP contribution is 2.18. The van der Waals surface area contributed by atoms with Gasteiger partial charge in [0.1, 0.15) is 0 Å². The van der Waals surface area contributed by atoms with Gasteiger partial charge < -0.3 is 10.6 Å². The second-order valence-corrected chi connectivity index (χ2v) is 5.28. The molecule has 2 atom stereocenters. The lowest BCUT2D eigenvalue weighted by molar-refractivity contribution is -0.122. The highest BCUT2D eigenvalue weighted by molar-refractivity contribution is 6.30. The smallest absolute Gasteiger partial charge is 0.222 e. The Morgan fingerprint density at radius 2 is 2.44 bits per heavy atom. The van der Waals surface area contributed by atoms with Gasteiger partial charge in [0.15, 0.2) is 0 Å². The Morgan fingerprint density at radius 1 is 1.61 bits per heavy atom. The Hall–Kier alpha value is -1.06. The molecule has 0 bridgehead atoms. The first-order valence-electron chi connectivity index (χ1n) is 6.43. The Morgan fingerprint density at radius 3 is 3.11 bits per heavy atom. The van der Waals surface area contributed by atoms with Crippen LogP contribution >= 0.6 is 11.6 Å². The largest absolute Gasteiger partial charge is 0.350 e. The van der Waals surface area contributed by atoms with Gasteiger partial charge >= 0.3 is 0 Å². The minimum atomic E-state index is -0.00222. The summed E-state index contributed by atoms with van der Waals surface area (Å²) in [5.41, 5.74) is 1.04. The molecule has 18 heavy (non-hydrogen) atoms. The summed E-state index contributed by atoms with van der Waals surface area (Å²) in [6.07, 6.45) is 2.83. The molecule has 0 aromatic heterocycles. The van der Waals surface area contributed by atoms with E-state index in [0.717, 1.165) is 18.5 Å². The summed E-state index contributed by atoms with van der Waals surface area (Å²) in [4.78, 5) is 11.9. The molecular formula is C14H19ClN2O. The van der Waals surface area contributed by atoms with E-state index in [9.17, 15) is 4.79 Å². The Balaban J connectivity index is 1.86. The number of benzene rings is 1. The summed E-state index contributed by atoms with van der Waals surface area (Å²) < 4.78 is 0. The molecule has 2 rings (SSSR count). The van der Waals surface area contributed by atoms with Crippen molar-refractivity contribution in [2.24, 2.45) is 0 Å². The fourth-order valence-corrected chi connectivity index (χ4v) is 2.51. The highest BCUT2D eigenvalue weighted by atomic mass is 35.5. The fraction of sp³-hybridized carbons (Fsp3) is 0.500. The van der Waals surface area contributed by atoms with Crippen LogP contribution in [0.4, 0.5) is 0 Å². The van der Waals surface area contributed by atoms with Crippen molar-refractivity contribution in [2.75, 3.05) is 6.54 Å². The van der Waals surface area contributed by atoms with E-state index in [1.807, 2.05) is 31.2 Å². The van der Waals surface area contributed by atoms with E-state index < -0.39 is 0 Å². The van der Waals surface area contributed by atoms with E-state index in [0.29, 0.717) is 17.5 Å². The standard InChI is InChI=1S/C14H19ClN2O/c1-10(11-4-2-5-12(15)8-11)17-14(18)9-13-6-3-7-16-13/h2,4-5,8,10,13,16H,3,6-7,9H2,1H3,(H,17,18)/t10-,13?/m1/s1. The molecule has 0 aliphatic carbocycles. The molecule has 1 aromatic carbocycles. The molecule has 1 amide bonds. The van der Waals surface area contributed by atoms with Crippen LogP contribution in [0.15, 0.2) is 24.3 Å². The van der Waals surface area contributed by atoms with Gasteiger partial charge in [0.05, 0.1) is 6.04 Å². The number of hydrogen-bond acceptors (Lipinski definition) is 2. The lowest BCUT2D eigenvalue weighted by Gasteiger charge is -2.16. The van der Waals surface area contributed by atoms with Crippen molar-refractivity contribution in [2.45, 2.75) is 38.3 Å². The maximum Gasteiger partial charge on any atom is 0.222 e. The maximum atomic E-state index is 11.9. The Bertz CT molecular complexity index is 416. The fourth-order valence-electron chi connectivity index (χ4n) is 2.31. The molecule has 1 unspecified atom stereocenters. The third kappa shape index (κ3) is 3.72. The summed E-state index contributed by atoms with van der Waals surface area (Å²) in [5, 5.41) is 7.04. The van der Waals surface area contributed by atoms with Crippen LogP contribution in [0.3, 0.4) is 0 Å². The van der Waals surface area contributed by atoms with Gasteiger partial charge in [-0.15, -0.1) is 0 Å². The van der Waals surface area contributed by atoms with E-state index in [4.69, 9.17) is 11.6 Å². The minimum absolute atomic E-state index is 0.00222. The first-order valence-corrected chi connectivity index (χ1v) is 6.81. The van der Waals surface area contributed by atoms with E-state index in [2.05, 4.69) is 10.6 Å². The van der Waals surface area contributed by atoms with E-state index in [1.165, 1.54) is 6.42 Å². The molecule has 0 radical (unpaired) electrons. The summed E-state index contributed by atoms with van der Waals surface area (Å²) in [6.45, 7) is 3.01. The number of halogens is 1. The van der Waals surface area contributed by atoms with E-state index in [-0.39, 0.29) is 11.9 Å². The number of carbonyl (C=O) groups excluding carboxylic acids is 1. The van der Waals surface area contributed by atoms with E-state index >= 15 is 0 Å². The topological polar surface area (TPSA) is 41.1 Å². The van der Waals surface area contributed by atoms with Crippen LogP contribution in [-0.4, -0.2) is 18.5 Å². The monoisotopic (exact) mass is 266 g/mol. The van der Waals surface area contributed by atoms with Gasteiger partial charge in [-0.2, -0.15) is 0 Å². The third-order valence-corrected chi connectivity index (χ3v) is 3.56. The second-order valence-electron chi connectivity index (χ2n) is 4.84. The first kappa shape index (κ1) is 13.4. The molecule has 3 nitrogen and oxygen atoms in total. The molecule has 1 fully saturated rings. The summed E-state index contributed by atoms with van der Waals surface area (Å²) in [6, 6.07) is 7.94. The van der Waals surface area contributed by atoms with Crippen LogP contribution in [-0.2, 0) is 4.79 Å². The van der Waals surface area contributed by atoms with Crippen LogP contribution < -0.4 is 10.6 Å². The van der Waals surface area contributed by atoms with Gasteiger partial charge in [0, 0.05) is 17.5 Å². The average Bonchev–Trinajstić information content (AvgIpc) is 2.81. The molecule has 98 valence electrons. The molecule has 1 heterocycles. The molecule has 1 aliphatic rings. The van der Waals surface area contributed by atoms with Crippen molar-refractivity contribution in [1.29, 1.82) is 0 Å². The van der Waals surface area contributed by atoms with Crippen LogP contribution in [0.1, 0.15) is 37.8 Å². The average molecular weight is 267 g/mol. The van der Waals surface area contributed by atoms with Crippen molar-refractivity contribution in [3.05, 3.63) is 34.9 Å². The summed E-state index contributed by atoms with van der Waals surface area (Å²) >= 11 is 5.94. The number of rotatable bonds is 4. The first-order chi connectivity index (χ1) is 8.65. The molecule has 1 aliphatic heterocycles. The third-order valence-electron chi connectivity index (χ3n) is 3.32. The van der Waals surface area contributed by atoms with Crippen LogP contribution in [0.25, 0.3) is 0 Å². The van der Waals surface area contributed by atoms with Crippen molar-refractivity contribution in [3.8, 4) is 0 Å². The normalized spacial score (nSPS) is 20.7. The SMILES string of the molecule is C[C@@H](NC(=O)CC1CCCN1)c1cccc(Cl)c1. The van der Waals surface area contributed by atoms with Gasteiger partial charge in [-0.3, -0.25) is 4.79 Å². The second kappa shape index (κ2) is 6.21. The van der Waals surface area contributed by atoms with Crippen molar-refractivity contribution < 1.29 is 4.79 Å². The minimum Gasteiger partial charge on any atom is -0.350 e. The number of carbonyl (C=O) groups is 1. The molecule has 0 spiro atoms. The quantitative estimate of drug-likeness (QED) is 0.880. The van der Waals surface area contributed by atoms with Crippen LogP contribution in [0, 0.1) is 0 Å². The predicted octanol–water partition coefficient (Wildman–Crippen LogP) is 2.66. The van der Waals surface area contributed by atoms with Crippen molar-refractivity contribution in [3.63, 3.8) is 0 Å². The number of nitrogens with one attached hydrogen (secondary N) is 2. The summed E-state index contributed by atoms with van der Waals surface area (Å²) in [7, 11) is 0. The zero-order valence-electron chi connectivity index (χ0n) is 10.6. The van der Waals surface area contributed by atoms with Gasteiger partial charge in [0.2, 0.25) is 5.91 Å². The summed E-state index contributed by atoms with van der Waals surface area (Å²) in [5.74, 6) is 0.0990. The molecule has 1 saturated heterocycles. The zero-order valence-corrected chi connectivity index (χ0v) is 11.3. The Kier molecular flexibility index (Phi) is 4.61. The molecule has 1 aromatic rings.